The molecule has 1 aromatic heterocycles. The maximum atomic E-state index is 13.6. The molecule has 0 radical (unpaired) electrons. The van der Waals surface area contributed by atoms with Gasteiger partial charge in [-0.3, -0.25) is 14.4 Å². The highest BCUT2D eigenvalue weighted by molar-refractivity contribution is 5.88. The van der Waals surface area contributed by atoms with Crippen molar-refractivity contribution < 1.29 is 53.4 Å². The Morgan fingerprint density at radius 2 is 1.51 bits per heavy atom. The summed E-state index contributed by atoms with van der Waals surface area (Å²) in [6.45, 7) is 5.10. The summed E-state index contributed by atoms with van der Waals surface area (Å²) in [5.41, 5.74) is -0.739. The maximum Gasteiger partial charge on any atom is 0.306 e. The molecule has 1 aliphatic heterocycles. The lowest BCUT2D eigenvalue weighted by Crippen LogP contribution is -2.61. The summed E-state index contributed by atoms with van der Waals surface area (Å²) < 4.78 is 28.6. The normalized spacial score (nSPS) is 22.3. The van der Waals surface area contributed by atoms with Crippen molar-refractivity contribution in [2.24, 2.45) is 0 Å². The van der Waals surface area contributed by atoms with Crippen LogP contribution in [0.5, 0.6) is 23.0 Å². The minimum absolute atomic E-state index is 0.0466. The van der Waals surface area contributed by atoms with Crippen molar-refractivity contribution in [3.63, 3.8) is 0 Å². The molecule has 1 saturated heterocycles. The monoisotopic (exact) mass is 572 g/mol. The van der Waals surface area contributed by atoms with Crippen LogP contribution in [0.3, 0.4) is 0 Å². The van der Waals surface area contributed by atoms with E-state index in [0.29, 0.717) is 12.8 Å². The van der Waals surface area contributed by atoms with Gasteiger partial charge in [0.1, 0.15) is 28.2 Å². The van der Waals surface area contributed by atoms with Crippen molar-refractivity contribution in [1.29, 1.82) is 0 Å². The fourth-order valence-electron chi connectivity index (χ4n) is 4.51. The molecule has 3 aromatic rings. The van der Waals surface area contributed by atoms with Gasteiger partial charge in [0.05, 0.1) is 6.10 Å². The molecule has 0 saturated carbocycles. The Balaban J connectivity index is 1.78. The van der Waals surface area contributed by atoms with Crippen LogP contribution in [-0.4, -0.2) is 63.1 Å². The van der Waals surface area contributed by atoms with E-state index in [1.54, 1.807) is 13.8 Å². The summed E-state index contributed by atoms with van der Waals surface area (Å²) in [7, 11) is 0. The van der Waals surface area contributed by atoms with Crippen LogP contribution in [0.4, 0.5) is 0 Å². The zero-order valence-corrected chi connectivity index (χ0v) is 22.7. The SMILES string of the molecule is CCCC(=O)O[C@@H]1[C@@H](OC(=O)CCC)[C@@H](O)C(Oc2c(-c3ccc(O)cc3)oc3cc(O)cc(O)c3c2=O)O[C@H]1C. The smallest absolute Gasteiger partial charge is 0.306 e. The number of phenolic OH excluding ortho intramolecular Hbond substituents is 3. The number of fused-ring (bicyclic) bond motifs is 1. The van der Waals surface area contributed by atoms with E-state index in [-0.39, 0.29) is 46.6 Å². The predicted molar refractivity (Wildman–Crippen MR) is 143 cm³/mol. The fourth-order valence-corrected chi connectivity index (χ4v) is 4.51. The van der Waals surface area contributed by atoms with E-state index >= 15 is 0 Å². The summed E-state index contributed by atoms with van der Waals surface area (Å²) in [6, 6.07) is 7.65. The van der Waals surface area contributed by atoms with Crippen LogP contribution in [-0.2, 0) is 23.8 Å². The van der Waals surface area contributed by atoms with Crippen LogP contribution in [0, 0.1) is 0 Å². The van der Waals surface area contributed by atoms with Gasteiger partial charge in [-0.25, -0.2) is 0 Å². The molecule has 0 aliphatic carbocycles. The lowest BCUT2D eigenvalue weighted by Gasteiger charge is -2.42. The Bertz CT molecular complexity index is 1460. The third kappa shape index (κ3) is 6.39. The highest BCUT2D eigenvalue weighted by Crippen LogP contribution is 2.38. The molecule has 12 nitrogen and oxygen atoms in total. The molecule has 4 N–H and O–H groups in total. The van der Waals surface area contributed by atoms with Gasteiger partial charge in [0.2, 0.25) is 17.5 Å². The molecule has 2 heterocycles. The number of hydrogen-bond donors (Lipinski definition) is 4. The summed E-state index contributed by atoms with van der Waals surface area (Å²) in [6.07, 6.45) is -5.70. The second-order valence-electron chi connectivity index (χ2n) is 9.70. The number of aliphatic hydroxyl groups is 1. The van der Waals surface area contributed by atoms with Crippen LogP contribution < -0.4 is 10.2 Å². The Morgan fingerprint density at radius 3 is 2.12 bits per heavy atom. The van der Waals surface area contributed by atoms with Crippen LogP contribution in [0.1, 0.15) is 46.5 Å². The van der Waals surface area contributed by atoms with E-state index in [1.165, 1.54) is 31.2 Å². The van der Waals surface area contributed by atoms with E-state index < -0.39 is 59.6 Å². The van der Waals surface area contributed by atoms with Gasteiger partial charge in [-0.1, -0.05) is 13.8 Å². The van der Waals surface area contributed by atoms with E-state index in [0.717, 1.165) is 12.1 Å². The van der Waals surface area contributed by atoms with Gasteiger partial charge in [0.25, 0.3) is 0 Å². The first kappa shape index (κ1) is 29.7. The number of carbonyl (C=O) groups is 2. The third-order valence-corrected chi connectivity index (χ3v) is 6.48. The number of ether oxygens (including phenoxy) is 4. The predicted octanol–water partition coefficient (Wildman–Crippen LogP) is 3.49. The third-order valence-electron chi connectivity index (χ3n) is 6.48. The minimum Gasteiger partial charge on any atom is -0.508 e. The largest absolute Gasteiger partial charge is 0.508 e. The first-order valence-corrected chi connectivity index (χ1v) is 13.2. The van der Waals surface area contributed by atoms with Crippen molar-refractivity contribution in [2.75, 3.05) is 0 Å². The minimum atomic E-state index is -1.72. The van der Waals surface area contributed by atoms with Gasteiger partial charge in [-0.2, -0.15) is 0 Å². The van der Waals surface area contributed by atoms with E-state index in [4.69, 9.17) is 23.4 Å². The molecule has 12 heteroatoms. The molecular weight excluding hydrogens is 540 g/mol. The fraction of sp³-hybridized carbons (Fsp3) is 0.414. The van der Waals surface area contributed by atoms with Crippen LogP contribution in [0.2, 0.25) is 0 Å². The first-order valence-electron chi connectivity index (χ1n) is 13.2. The average Bonchev–Trinajstić information content (AvgIpc) is 2.90. The Hall–Kier alpha value is -4.29. The number of aliphatic hydroxyl groups excluding tert-OH is 1. The standard InChI is InChI=1S/C29H32O12/c1-4-6-20(33)39-25-14(3)37-29(24(36)28(25)40-21(34)7-5-2)41-27-23(35)22-18(32)12-17(31)13-19(22)38-26(27)15-8-10-16(30)11-9-15/h8-14,24-25,28-32,36H,4-7H2,1-3H3/t14-,24+,25-,28-,29?/m0/s1. The number of rotatable bonds is 9. The number of phenols is 3. The molecule has 220 valence electrons. The molecule has 0 amide bonds. The molecular formula is C29H32O12. The van der Waals surface area contributed by atoms with E-state index in [1.807, 2.05) is 0 Å². The summed E-state index contributed by atoms with van der Waals surface area (Å²) in [5.74, 6) is -2.84. The van der Waals surface area contributed by atoms with Gasteiger partial charge in [0, 0.05) is 30.5 Å². The zero-order valence-electron chi connectivity index (χ0n) is 22.7. The number of hydrogen-bond acceptors (Lipinski definition) is 12. The molecule has 1 aliphatic rings. The Morgan fingerprint density at radius 1 is 0.902 bits per heavy atom. The first-order chi connectivity index (χ1) is 19.5. The van der Waals surface area contributed by atoms with Gasteiger partial charge < -0.3 is 43.8 Å². The maximum absolute atomic E-state index is 13.6. The topological polar surface area (TPSA) is 182 Å². The molecule has 4 rings (SSSR count). The van der Waals surface area contributed by atoms with Crippen molar-refractivity contribution in [1.82, 2.24) is 0 Å². The second-order valence-corrected chi connectivity index (χ2v) is 9.70. The van der Waals surface area contributed by atoms with Gasteiger partial charge in [-0.15, -0.1) is 0 Å². The average molecular weight is 573 g/mol. The second kappa shape index (κ2) is 12.5. The van der Waals surface area contributed by atoms with Crippen LogP contribution in [0.25, 0.3) is 22.3 Å². The number of benzene rings is 2. The Kier molecular flexibility index (Phi) is 9.04. The molecule has 1 unspecified atom stereocenters. The summed E-state index contributed by atoms with van der Waals surface area (Å²) in [5, 5.41) is 41.0. The lowest BCUT2D eigenvalue weighted by molar-refractivity contribution is -0.277. The van der Waals surface area contributed by atoms with Gasteiger partial charge in [-0.05, 0) is 44.0 Å². The van der Waals surface area contributed by atoms with Crippen molar-refractivity contribution in [2.45, 2.75) is 77.2 Å². The van der Waals surface area contributed by atoms with Crippen molar-refractivity contribution >= 4 is 22.9 Å². The van der Waals surface area contributed by atoms with E-state index in [2.05, 4.69) is 0 Å². The molecule has 2 aromatic carbocycles. The number of aromatic hydroxyl groups is 3. The van der Waals surface area contributed by atoms with Crippen molar-refractivity contribution in [3.05, 3.63) is 46.6 Å². The van der Waals surface area contributed by atoms with Crippen LogP contribution in [0.15, 0.2) is 45.6 Å². The van der Waals surface area contributed by atoms with Crippen molar-refractivity contribution in [3.8, 4) is 34.3 Å². The lowest BCUT2D eigenvalue weighted by atomic mass is 9.99. The Labute approximate surface area is 234 Å². The zero-order chi connectivity index (χ0) is 29.8. The summed E-state index contributed by atoms with van der Waals surface area (Å²) in [4.78, 5) is 38.4. The summed E-state index contributed by atoms with van der Waals surface area (Å²) >= 11 is 0. The molecule has 0 bridgehead atoms. The quantitative estimate of drug-likeness (QED) is 0.274. The van der Waals surface area contributed by atoms with E-state index in [9.17, 15) is 34.8 Å². The number of carbonyl (C=O) groups excluding carboxylic acids is 2. The van der Waals surface area contributed by atoms with Gasteiger partial charge in [0.15, 0.2) is 24.1 Å². The highest BCUT2D eigenvalue weighted by atomic mass is 16.7. The molecule has 0 spiro atoms. The molecule has 41 heavy (non-hydrogen) atoms. The molecule has 1 fully saturated rings. The van der Waals surface area contributed by atoms with Crippen LogP contribution >= 0.6 is 0 Å². The molecule has 5 atom stereocenters. The van der Waals surface area contributed by atoms with Gasteiger partial charge >= 0.3 is 11.9 Å². The number of esters is 2. The highest BCUT2D eigenvalue weighted by Gasteiger charge is 2.49.